The van der Waals surface area contributed by atoms with Gasteiger partial charge < -0.3 is 9.47 Å². The summed E-state index contributed by atoms with van der Waals surface area (Å²) in [4.78, 5) is 0. The predicted molar refractivity (Wildman–Crippen MR) is 75.4 cm³/mol. The average Bonchev–Trinajstić information content (AvgIpc) is 2.30. The first kappa shape index (κ1) is 14.7. The fourth-order valence-corrected chi connectivity index (χ4v) is 1.94. The topological polar surface area (TPSA) is 18.5 Å². The fraction of sp³-hybridized carbons (Fsp3) is 0.538. The molecule has 0 amide bonds. The molecule has 2 nitrogen and oxygen atoms in total. The van der Waals surface area contributed by atoms with Crippen molar-refractivity contribution >= 4 is 23.4 Å². The van der Waals surface area contributed by atoms with Crippen molar-refractivity contribution in [3.8, 4) is 5.75 Å². The van der Waals surface area contributed by atoms with E-state index in [2.05, 4.69) is 0 Å². The van der Waals surface area contributed by atoms with Gasteiger partial charge in [0.25, 0.3) is 0 Å². The van der Waals surface area contributed by atoms with Crippen LogP contribution in [0.5, 0.6) is 5.75 Å². The van der Waals surface area contributed by atoms with Crippen molar-refractivity contribution in [3.63, 3.8) is 0 Å². The van der Waals surface area contributed by atoms with Gasteiger partial charge in [0.15, 0.2) is 0 Å². The number of halogens is 1. The molecular weight excluding hydrogens is 256 g/mol. The summed E-state index contributed by atoms with van der Waals surface area (Å²) >= 11 is 7.62. The summed E-state index contributed by atoms with van der Waals surface area (Å²) in [6.45, 7) is 5.62. The van der Waals surface area contributed by atoms with Crippen LogP contribution in [0.2, 0.25) is 5.02 Å². The molecule has 0 aliphatic carbocycles. The Morgan fingerprint density at radius 3 is 2.41 bits per heavy atom. The lowest BCUT2D eigenvalue weighted by molar-refractivity contribution is 0.0920. The molecule has 0 spiro atoms. The molecule has 0 saturated carbocycles. The van der Waals surface area contributed by atoms with E-state index in [1.54, 1.807) is 0 Å². The number of rotatable bonds is 8. The van der Waals surface area contributed by atoms with Crippen LogP contribution in [0.3, 0.4) is 0 Å². The van der Waals surface area contributed by atoms with E-state index in [0.29, 0.717) is 12.7 Å². The summed E-state index contributed by atoms with van der Waals surface area (Å²) in [6, 6.07) is 7.44. The molecule has 0 radical (unpaired) electrons. The Hall–Kier alpha value is -0.380. The van der Waals surface area contributed by atoms with Crippen molar-refractivity contribution in [3.05, 3.63) is 29.3 Å². The highest BCUT2D eigenvalue weighted by Crippen LogP contribution is 2.15. The van der Waals surface area contributed by atoms with E-state index in [1.165, 1.54) is 0 Å². The molecule has 1 aromatic rings. The first-order valence-electron chi connectivity index (χ1n) is 5.76. The minimum atomic E-state index is 0.320. The van der Waals surface area contributed by atoms with Crippen LogP contribution in [-0.4, -0.2) is 30.8 Å². The molecule has 96 valence electrons. The van der Waals surface area contributed by atoms with Crippen LogP contribution >= 0.6 is 23.4 Å². The van der Waals surface area contributed by atoms with Gasteiger partial charge in [0.05, 0.1) is 19.3 Å². The van der Waals surface area contributed by atoms with Crippen molar-refractivity contribution in [2.45, 2.75) is 20.0 Å². The van der Waals surface area contributed by atoms with E-state index in [0.717, 1.165) is 28.9 Å². The molecule has 0 bridgehead atoms. The number of ether oxygens (including phenoxy) is 2. The maximum atomic E-state index is 5.78. The summed E-state index contributed by atoms with van der Waals surface area (Å²) in [5.41, 5.74) is 0. The lowest BCUT2D eigenvalue weighted by Crippen LogP contribution is -2.07. The lowest BCUT2D eigenvalue weighted by atomic mass is 10.3. The summed E-state index contributed by atoms with van der Waals surface area (Å²) in [5.74, 6) is 2.86. The van der Waals surface area contributed by atoms with Crippen LogP contribution in [0, 0.1) is 0 Å². The Balaban J connectivity index is 1.99. The zero-order valence-electron chi connectivity index (χ0n) is 10.3. The minimum absolute atomic E-state index is 0.320. The predicted octanol–water partition coefficient (Wildman–Crippen LogP) is 3.88. The molecule has 1 aromatic carbocycles. The van der Waals surface area contributed by atoms with Crippen LogP contribution in [-0.2, 0) is 4.74 Å². The third kappa shape index (κ3) is 7.53. The van der Waals surface area contributed by atoms with Crippen LogP contribution in [0.25, 0.3) is 0 Å². The highest BCUT2D eigenvalue weighted by atomic mass is 35.5. The summed E-state index contributed by atoms with van der Waals surface area (Å²) in [7, 11) is 0. The molecule has 4 heteroatoms. The van der Waals surface area contributed by atoms with Crippen LogP contribution < -0.4 is 4.74 Å². The van der Waals surface area contributed by atoms with Gasteiger partial charge in [-0.15, -0.1) is 0 Å². The molecule has 0 aromatic heterocycles. The molecule has 0 atom stereocenters. The van der Waals surface area contributed by atoms with Crippen LogP contribution in [0.4, 0.5) is 0 Å². The van der Waals surface area contributed by atoms with Crippen molar-refractivity contribution in [2.24, 2.45) is 0 Å². The van der Waals surface area contributed by atoms with Gasteiger partial charge >= 0.3 is 0 Å². The Kier molecular flexibility index (Phi) is 7.49. The van der Waals surface area contributed by atoms with Gasteiger partial charge in [-0.1, -0.05) is 11.6 Å². The zero-order valence-corrected chi connectivity index (χ0v) is 11.9. The van der Waals surface area contributed by atoms with Crippen LogP contribution in [0.15, 0.2) is 24.3 Å². The number of hydrogen-bond acceptors (Lipinski definition) is 3. The molecule has 0 saturated heterocycles. The number of benzene rings is 1. The molecule has 0 aliphatic heterocycles. The van der Waals surface area contributed by atoms with E-state index < -0.39 is 0 Å². The van der Waals surface area contributed by atoms with E-state index in [1.807, 2.05) is 49.9 Å². The first-order valence-corrected chi connectivity index (χ1v) is 7.29. The van der Waals surface area contributed by atoms with E-state index in [-0.39, 0.29) is 0 Å². The van der Waals surface area contributed by atoms with Gasteiger partial charge in [-0.3, -0.25) is 0 Å². The molecule has 17 heavy (non-hydrogen) atoms. The van der Waals surface area contributed by atoms with Gasteiger partial charge in [0, 0.05) is 16.5 Å². The highest BCUT2D eigenvalue weighted by molar-refractivity contribution is 7.99. The SMILES string of the molecule is CC(C)OCCSCCOc1ccc(Cl)cc1. The van der Waals surface area contributed by atoms with E-state index in [9.17, 15) is 0 Å². The Bertz CT molecular complexity index is 301. The smallest absolute Gasteiger partial charge is 0.119 e. The van der Waals surface area contributed by atoms with E-state index in [4.69, 9.17) is 21.1 Å². The molecule has 0 aliphatic rings. The Labute approximate surface area is 113 Å². The van der Waals surface area contributed by atoms with Gasteiger partial charge in [-0.05, 0) is 38.1 Å². The number of hydrogen-bond donors (Lipinski definition) is 0. The second-order valence-corrected chi connectivity index (χ2v) is 5.50. The van der Waals surface area contributed by atoms with Gasteiger partial charge in [-0.2, -0.15) is 11.8 Å². The van der Waals surface area contributed by atoms with E-state index >= 15 is 0 Å². The Morgan fingerprint density at radius 2 is 1.76 bits per heavy atom. The largest absolute Gasteiger partial charge is 0.493 e. The Morgan fingerprint density at radius 1 is 1.12 bits per heavy atom. The monoisotopic (exact) mass is 274 g/mol. The molecule has 0 fully saturated rings. The third-order valence-electron chi connectivity index (χ3n) is 1.99. The highest BCUT2D eigenvalue weighted by Gasteiger charge is 1.96. The van der Waals surface area contributed by atoms with Crippen LogP contribution in [0.1, 0.15) is 13.8 Å². The fourth-order valence-electron chi connectivity index (χ4n) is 1.19. The van der Waals surface area contributed by atoms with Gasteiger partial charge in [-0.25, -0.2) is 0 Å². The first-order chi connectivity index (χ1) is 8.18. The second kappa shape index (κ2) is 8.67. The zero-order chi connectivity index (χ0) is 12.5. The van der Waals surface area contributed by atoms with Crippen molar-refractivity contribution in [2.75, 3.05) is 24.7 Å². The quantitative estimate of drug-likeness (QED) is 0.671. The second-order valence-electron chi connectivity index (χ2n) is 3.83. The third-order valence-corrected chi connectivity index (χ3v) is 3.15. The summed E-state index contributed by atoms with van der Waals surface area (Å²) in [5, 5.41) is 0.734. The average molecular weight is 275 g/mol. The minimum Gasteiger partial charge on any atom is -0.493 e. The summed E-state index contributed by atoms with van der Waals surface area (Å²) < 4.78 is 11.0. The standard InChI is InChI=1S/C13H19ClO2S/c1-11(2)15-7-9-17-10-8-16-13-5-3-12(14)4-6-13/h3-6,11H,7-10H2,1-2H3. The van der Waals surface area contributed by atoms with Gasteiger partial charge in [0.1, 0.15) is 5.75 Å². The molecule has 0 unspecified atom stereocenters. The van der Waals surface area contributed by atoms with Gasteiger partial charge in [0.2, 0.25) is 0 Å². The van der Waals surface area contributed by atoms with Crippen molar-refractivity contribution in [1.82, 2.24) is 0 Å². The maximum Gasteiger partial charge on any atom is 0.119 e. The lowest BCUT2D eigenvalue weighted by Gasteiger charge is -2.08. The summed E-state index contributed by atoms with van der Waals surface area (Å²) in [6.07, 6.45) is 0.320. The molecule has 1 rings (SSSR count). The number of thioether (sulfide) groups is 1. The maximum absolute atomic E-state index is 5.78. The molecular formula is C13H19ClO2S. The molecule has 0 heterocycles. The van der Waals surface area contributed by atoms with Crippen molar-refractivity contribution in [1.29, 1.82) is 0 Å². The van der Waals surface area contributed by atoms with Crippen molar-refractivity contribution < 1.29 is 9.47 Å². The normalized spacial score (nSPS) is 10.8. The molecule has 0 N–H and O–H groups in total.